The minimum Gasteiger partial charge on any atom is -0.458 e. The Bertz CT molecular complexity index is 942. The zero-order chi connectivity index (χ0) is 18.8. The summed E-state index contributed by atoms with van der Waals surface area (Å²) in [6.45, 7) is 2.87. The van der Waals surface area contributed by atoms with Gasteiger partial charge >= 0.3 is 6.01 Å². The molecule has 7 nitrogen and oxygen atoms in total. The molecule has 3 heterocycles. The van der Waals surface area contributed by atoms with Gasteiger partial charge in [0.2, 0.25) is 0 Å². The maximum atomic E-state index is 12.9. The summed E-state index contributed by atoms with van der Waals surface area (Å²) in [6.07, 6.45) is 4.16. The predicted molar refractivity (Wildman–Crippen MR) is 95.2 cm³/mol. The lowest BCUT2D eigenvalue weighted by Crippen LogP contribution is -2.31. The van der Waals surface area contributed by atoms with Crippen LogP contribution in [0.3, 0.4) is 0 Å². The number of ether oxygens (including phenoxy) is 1. The Labute approximate surface area is 155 Å². The maximum absolute atomic E-state index is 12.9. The zero-order valence-electron chi connectivity index (χ0n) is 14.7. The molecule has 1 atom stereocenters. The monoisotopic (exact) mass is 367 g/mol. The van der Waals surface area contributed by atoms with Crippen LogP contribution < -0.4 is 4.74 Å². The molecule has 0 aliphatic carbocycles. The average Bonchev–Trinajstić information content (AvgIpc) is 3.31. The van der Waals surface area contributed by atoms with Crippen LogP contribution in [0.25, 0.3) is 5.69 Å². The smallest absolute Gasteiger partial charge is 0.316 e. The van der Waals surface area contributed by atoms with Gasteiger partial charge in [-0.1, -0.05) is 18.2 Å². The van der Waals surface area contributed by atoms with Crippen LogP contribution >= 0.6 is 0 Å². The van der Waals surface area contributed by atoms with Crippen molar-refractivity contribution >= 4 is 5.91 Å². The van der Waals surface area contributed by atoms with Gasteiger partial charge in [-0.3, -0.25) is 4.79 Å². The summed E-state index contributed by atoms with van der Waals surface area (Å²) in [6, 6.07) is 9.79. The van der Waals surface area contributed by atoms with E-state index in [0.717, 1.165) is 23.8 Å². The highest BCUT2D eigenvalue weighted by molar-refractivity contribution is 5.95. The van der Waals surface area contributed by atoms with Gasteiger partial charge in [0.1, 0.15) is 6.10 Å². The van der Waals surface area contributed by atoms with Crippen molar-refractivity contribution in [3.63, 3.8) is 0 Å². The number of amides is 1. The van der Waals surface area contributed by atoms with Gasteiger partial charge < -0.3 is 9.64 Å². The summed E-state index contributed by atoms with van der Waals surface area (Å²) in [5.41, 5.74) is 2.26. The van der Waals surface area contributed by atoms with Gasteiger partial charge in [-0.15, -0.1) is 0 Å². The highest BCUT2D eigenvalue weighted by Gasteiger charge is 2.30. The molecular formula is C19H18FN5O2. The molecule has 1 amide bonds. The van der Waals surface area contributed by atoms with Gasteiger partial charge in [0.15, 0.2) is 5.82 Å². The number of halogens is 1. The molecule has 0 spiro atoms. The summed E-state index contributed by atoms with van der Waals surface area (Å²) in [5, 5.41) is 4.36. The van der Waals surface area contributed by atoms with Gasteiger partial charge in [0.05, 0.1) is 42.1 Å². The minimum absolute atomic E-state index is 0.0826. The third-order valence-electron chi connectivity index (χ3n) is 4.54. The molecule has 0 saturated carbocycles. The Morgan fingerprint density at radius 2 is 1.93 bits per heavy atom. The lowest BCUT2D eigenvalue weighted by molar-refractivity contribution is 0.0769. The number of benzene rings is 1. The topological polar surface area (TPSA) is 73.1 Å². The predicted octanol–water partition coefficient (Wildman–Crippen LogP) is 2.40. The number of carbonyl (C=O) groups is 1. The highest BCUT2D eigenvalue weighted by atomic mass is 19.1. The van der Waals surface area contributed by atoms with Crippen molar-refractivity contribution in [1.82, 2.24) is 24.6 Å². The van der Waals surface area contributed by atoms with E-state index in [9.17, 15) is 9.18 Å². The third-order valence-corrected chi connectivity index (χ3v) is 4.54. The SMILES string of the molecule is Cc1c(C(=O)N2CC[C@H](Oc3ncc(F)cn3)C2)cnn1-c1ccccc1. The van der Waals surface area contributed by atoms with Crippen LogP contribution in [0.1, 0.15) is 22.5 Å². The van der Waals surface area contributed by atoms with Crippen LogP contribution in [-0.2, 0) is 0 Å². The Morgan fingerprint density at radius 1 is 1.19 bits per heavy atom. The second-order valence-electron chi connectivity index (χ2n) is 6.35. The van der Waals surface area contributed by atoms with Gasteiger partial charge in [-0.05, 0) is 19.1 Å². The van der Waals surface area contributed by atoms with E-state index in [1.807, 2.05) is 37.3 Å². The normalized spacial score (nSPS) is 16.5. The molecule has 1 aromatic carbocycles. The largest absolute Gasteiger partial charge is 0.458 e. The van der Waals surface area contributed by atoms with Crippen molar-refractivity contribution in [2.24, 2.45) is 0 Å². The van der Waals surface area contributed by atoms with Crippen LogP contribution in [0.4, 0.5) is 4.39 Å². The van der Waals surface area contributed by atoms with E-state index in [2.05, 4.69) is 15.1 Å². The maximum Gasteiger partial charge on any atom is 0.316 e. The first-order valence-corrected chi connectivity index (χ1v) is 8.65. The number of para-hydroxylation sites is 1. The Hall–Kier alpha value is -3.29. The number of carbonyl (C=O) groups excluding carboxylic acids is 1. The van der Waals surface area contributed by atoms with Crippen molar-refractivity contribution in [2.45, 2.75) is 19.4 Å². The Kier molecular flexibility index (Phi) is 4.53. The summed E-state index contributed by atoms with van der Waals surface area (Å²) >= 11 is 0. The summed E-state index contributed by atoms with van der Waals surface area (Å²) in [5.74, 6) is -0.600. The highest BCUT2D eigenvalue weighted by Crippen LogP contribution is 2.20. The van der Waals surface area contributed by atoms with Gasteiger partial charge in [0, 0.05) is 13.0 Å². The van der Waals surface area contributed by atoms with Gasteiger partial charge in [0.25, 0.3) is 5.91 Å². The van der Waals surface area contributed by atoms with Gasteiger partial charge in [-0.2, -0.15) is 5.10 Å². The van der Waals surface area contributed by atoms with Crippen molar-refractivity contribution < 1.29 is 13.9 Å². The molecule has 27 heavy (non-hydrogen) atoms. The van der Waals surface area contributed by atoms with Crippen LogP contribution in [0.2, 0.25) is 0 Å². The van der Waals surface area contributed by atoms with E-state index in [1.54, 1.807) is 15.8 Å². The van der Waals surface area contributed by atoms with E-state index in [0.29, 0.717) is 25.1 Å². The molecule has 0 radical (unpaired) electrons. The van der Waals surface area contributed by atoms with Crippen molar-refractivity contribution in [2.75, 3.05) is 13.1 Å². The fraction of sp³-hybridized carbons (Fsp3) is 0.263. The number of likely N-dealkylation sites (tertiary alicyclic amines) is 1. The number of hydrogen-bond acceptors (Lipinski definition) is 5. The molecule has 1 aliphatic rings. The fourth-order valence-electron chi connectivity index (χ4n) is 3.14. The molecule has 3 aromatic rings. The molecule has 1 aliphatic heterocycles. The van der Waals surface area contributed by atoms with E-state index < -0.39 is 5.82 Å². The number of nitrogens with zero attached hydrogens (tertiary/aromatic N) is 5. The second kappa shape index (κ2) is 7.14. The molecule has 0 N–H and O–H groups in total. The molecule has 0 bridgehead atoms. The number of rotatable bonds is 4. The summed E-state index contributed by atoms with van der Waals surface area (Å²) in [7, 11) is 0. The zero-order valence-corrected chi connectivity index (χ0v) is 14.7. The van der Waals surface area contributed by atoms with Gasteiger partial charge in [-0.25, -0.2) is 19.0 Å². The molecule has 0 unspecified atom stereocenters. The summed E-state index contributed by atoms with van der Waals surface area (Å²) in [4.78, 5) is 22.2. The molecule has 138 valence electrons. The van der Waals surface area contributed by atoms with Crippen LogP contribution in [-0.4, -0.2) is 49.7 Å². The number of hydrogen-bond donors (Lipinski definition) is 0. The second-order valence-corrected chi connectivity index (χ2v) is 6.35. The first-order chi connectivity index (χ1) is 13.1. The molecule has 1 saturated heterocycles. The molecular weight excluding hydrogens is 349 g/mol. The first-order valence-electron chi connectivity index (χ1n) is 8.65. The molecule has 8 heteroatoms. The lowest BCUT2D eigenvalue weighted by atomic mass is 10.2. The van der Waals surface area contributed by atoms with Crippen molar-refractivity contribution in [3.05, 3.63) is 66.0 Å². The Morgan fingerprint density at radius 3 is 2.67 bits per heavy atom. The van der Waals surface area contributed by atoms with Crippen molar-refractivity contribution in [1.29, 1.82) is 0 Å². The minimum atomic E-state index is -0.517. The average molecular weight is 367 g/mol. The van der Waals surface area contributed by atoms with E-state index in [-0.39, 0.29) is 18.0 Å². The summed E-state index contributed by atoms with van der Waals surface area (Å²) < 4.78 is 20.3. The molecule has 1 fully saturated rings. The van der Waals surface area contributed by atoms with Crippen molar-refractivity contribution in [3.8, 4) is 11.7 Å². The van der Waals surface area contributed by atoms with Crippen LogP contribution in [0.15, 0.2) is 48.9 Å². The molecule has 2 aromatic heterocycles. The third kappa shape index (κ3) is 3.51. The number of aromatic nitrogens is 4. The lowest BCUT2D eigenvalue weighted by Gasteiger charge is -2.16. The quantitative estimate of drug-likeness (QED) is 0.708. The standard InChI is InChI=1S/C19H18FN5O2/c1-13-17(11-23-25(13)15-5-3-2-4-6-15)18(26)24-8-7-16(12-24)27-19-21-9-14(20)10-22-19/h2-6,9-11,16H,7-8,12H2,1H3/t16-/m0/s1. The molecule has 4 rings (SSSR count). The van der Waals surface area contributed by atoms with E-state index in [4.69, 9.17) is 4.74 Å². The van der Waals surface area contributed by atoms with Crippen LogP contribution in [0, 0.1) is 12.7 Å². The Balaban J connectivity index is 1.45. The van der Waals surface area contributed by atoms with E-state index in [1.165, 1.54) is 0 Å². The first kappa shape index (κ1) is 17.1. The van der Waals surface area contributed by atoms with E-state index >= 15 is 0 Å². The van der Waals surface area contributed by atoms with Crippen LogP contribution in [0.5, 0.6) is 6.01 Å². The fourth-order valence-corrected chi connectivity index (χ4v) is 3.14.